The number of carbonyl (C=O) groups is 2. The van der Waals surface area contributed by atoms with E-state index >= 15 is 0 Å². The van der Waals surface area contributed by atoms with Gasteiger partial charge < -0.3 is 16.8 Å². The average Bonchev–Trinajstić information content (AvgIpc) is 3.17. The number of likely N-dealkylation sites (tertiary alicyclic amines) is 1. The van der Waals surface area contributed by atoms with Crippen molar-refractivity contribution in [2.45, 2.75) is 109 Å². The molecule has 5 atom stereocenters. The highest BCUT2D eigenvalue weighted by Gasteiger charge is 2.48. The predicted octanol–water partition coefficient (Wildman–Crippen LogP) is 3.16. The van der Waals surface area contributed by atoms with Crippen LogP contribution in [0.3, 0.4) is 0 Å². The van der Waals surface area contributed by atoms with Crippen molar-refractivity contribution >= 4 is 17.6 Å². The number of nitrogens with two attached hydrogens (primary N) is 2. The Labute approximate surface area is 199 Å². The van der Waals surface area contributed by atoms with Gasteiger partial charge in [-0.2, -0.15) is 0 Å². The fourth-order valence-corrected chi connectivity index (χ4v) is 7.35. The quantitative estimate of drug-likeness (QED) is 0.345. The molecule has 186 valence electrons. The highest BCUT2D eigenvalue weighted by molar-refractivity contribution is 5.83. The van der Waals surface area contributed by atoms with E-state index in [1.807, 2.05) is 0 Å². The number of rotatable bonds is 7. The first-order valence-electron chi connectivity index (χ1n) is 13.5. The molecule has 4 rings (SSSR count). The van der Waals surface area contributed by atoms with Crippen LogP contribution in [0, 0.1) is 35.0 Å². The standard InChI is InChI=1S/C26H45N5O2/c1-16(18-5-3-2-4-6-18)30-26(33)23-13-20-11-12-21(24(27)28)14-22(20)31(23)15-17-7-9-19(10-8-17)25(29)32/h16-23H,2-15H2,1H3,(H3,27,28)(H2,29,32)(H,30,33)/t16-,17?,19?,20?,21?,22?,23?/m0/s1. The minimum Gasteiger partial charge on any atom is -0.387 e. The van der Waals surface area contributed by atoms with Crippen molar-refractivity contribution in [1.82, 2.24) is 10.2 Å². The molecule has 1 aliphatic heterocycles. The normalized spacial score (nSPS) is 36.6. The second kappa shape index (κ2) is 10.7. The zero-order chi connectivity index (χ0) is 23.5. The maximum absolute atomic E-state index is 13.6. The van der Waals surface area contributed by atoms with E-state index in [0.717, 1.165) is 57.9 Å². The Morgan fingerprint density at radius 3 is 2.24 bits per heavy atom. The number of carbonyl (C=O) groups excluding carboxylic acids is 2. The van der Waals surface area contributed by atoms with Gasteiger partial charge in [0.15, 0.2) is 0 Å². The Balaban J connectivity index is 1.44. The van der Waals surface area contributed by atoms with Crippen molar-refractivity contribution in [2.75, 3.05) is 6.54 Å². The summed E-state index contributed by atoms with van der Waals surface area (Å²) in [5, 5.41) is 11.4. The molecule has 6 N–H and O–H groups in total. The molecular formula is C26H45N5O2. The number of amidine groups is 1. The van der Waals surface area contributed by atoms with Gasteiger partial charge in [0.25, 0.3) is 0 Å². The van der Waals surface area contributed by atoms with Crippen molar-refractivity contribution < 1.29 is 9.59 Å². The van der Waals surface area contributed by atoms with Gasteiger partial charge in [-0.15, -0.1) is 0 Å². The Bertz CT molecular complexity index is 713. The van der Waals surface area contributed by atoms with E-state index in [9.17, 15) is 9.59 Å². The first kappa shape index (κ1) is 24.5. The van der Waals surface area contributed by atoms with Crippen molar-refractivity contribution in [2.24, 2.45) is 41.1 Å². The minimum atomic E-state index is -0.166. The van der Waals surface area contributed by atoms with Crippen LogP contribution in [0.4, 0.5) is 0 Å². The van der Waals surface area contributed by atoms with Crippen LogP contribution < -0.4 is 16.8 Å². The molecule has 1 heterocycles. The Hall–Kier alpha value is -1.63. The summed E-state index contributed by atoms with van der Waals surface area (Å²) in [5.74, 6) is 2.11. The van der Waals surface area contributed by atoms with Crippen molar-refractivity contribution in [1.29, 1.82) is 5.41 Å². The van der Waals surface area contributed by atoms with Gasteiger partial charge in [0.2, 0.25) is 11.8 Å². The Morgan fingerprint density at radius 2 is 1.61 bits per heavy atom. The summed E-state index contributed by atoms with van der Waals surface area (Å²) in [5.41, 5.74) is 11.5. The van der Waals surface area contributed by atoms with Gasteiger partial charge in [0, 0.05) is 30.5 Å². The molecule has 0 bridgehead atoms. The lowest BCUT2D eigenvalue weighted by Gasteiger charge is -2.40. The van der Waals surface area contributed by atoms with Gasteiger partial charge in [0.05, 0.1) is 11.9 Å². The number of hydrogen-bond donors (Lipinski definition) is 4. The molecule has 4 fully saturated rings. The van der Waals surface area contributed by atoms with Crippen LogP contribution in [-0.4, -0.2) is 47.2 Å². The number of fused-ring (bicyclic) bond motifs is 1. The molecule has 3 saturated carbocycles. The van der Waals surface area contributed by atoms with E-state index in [4.69, 9.17) is 16.9 Å². The molecule has 0 spiro atoms. The number of nitrogens with zero attached hydrogens (tertiary/aromatic N) is 1. The SMILES string of the molecule is C[C@H](NC(=O)C1CC2CCC(C(=N)N)CC2N1CC1CCC(C(N)=O)CC1)C1CCCCC1. The van der Waals surface area contributed by atoms with Crippen LogP contribution in [0.25, 0.3) is 0 Å². The van der Waals surface area contributed by atoms with E-state index in [0.29, 0.717) is 29.6 Å². The topological polar surface area (TPSA) is 125 Å². The van der Waals surface area contributed by atoms with Crippen LogP contribution in [0.2, 0.25) is 0 Å². The van der Waals surface area contributed by atoms with Crippen molar-refractivity contribution in [3.63, 3.8) is 0 Å². The third kappa shape index (κ3) is 5.72. The summed E-state index contributed by atoms with van der Waals surface area (Å²) < 4.78 is 0. The molecule has 33 heavy (non-hydrogen) atoms. The fourth-order valence-electron chi connectivity index (χ4n) is 7.35. The molecule has 4 aliphatic rings. The maximum Gasteiger partial charge on any atom is 0.237 e. The summed E-state index contributed by atoms with van der Waals surface area (Å²) in [6.45, 7) is 3.10. The molecule has 7 heteroatoms. The molecule has 1 saturated heterocycles. The first-order chi connectivity index (χ1) is 15.8. The number of nitrogens with one attached hydrogen (secondary N) is 2. The molecule has 2 amide bonds. The Morgan fingerprint density at radius 1 is 0.939 bits per heavy atom. The lowest BCUT2D eigenvalue weighted by Crippen LogP contribution is -2.52. The van der Waals surface area contributed by atoms with Crippen LogP contribution >= 0.6 is 0 Å². The van der Waals surface area contributed by atoms with Crippen LogP contribution in [-0.2, 0) is 9.59 Å². The van der Waals surface area contributed by atoms with Crippen LogP contribution in [0.1, 0.15) is 90.4 Å². The van der Waals surface area contributed by atoms with Crippen LogP contribution in [0.15, 0.2) is 0 Å². The number of amides is 2. The fraction of sp³-hybridized carbons (Fsp3) is 0.885. The summed E-state index contributed by atoms with van der Waals surface area (Å²) in [4.78, 5) is 27.6. The maximum atomic E-state index is 13.6. The number of hydrogen-bond acceptors (Lipinski definition) is 4. The van der Waals surface area contributed by atoms with Gasteiger partial charge in [-0.3, -0.25) is 19.9 Å². The highest BCUT2D eigenvalue weighted by Crippen LogP contribution is 2.43. The minimum absolute atomic E-state index is 0.0137. The van der Waals surface area contributed by atoms with E-state index in [2.05, 4.69) is 17.1 Å². The average molecular weight is 460 g/mol. The monoisotopic (exact) mass is 459 g/mol. The number of primary amides is 1. The molecule has 7 nitrogen and oxygen atoms in total. The smallest absolute Gasteiger partial charge is 0.237 e. The third-order valence-corrected chi connectivity index (χ3v) is 9.50. The molecule has 0 radical (unpaired) electrons. The van der Waals surface area contributed by atoms with Crippen LogP contribution in [0.5, 0.6) is 0 Å². The predicted molar refractivity (Wildman–Crippen MR) is 130 cm³/mol. The van der Waals surface area contributed by atoms with E-state index in [1.54, 1.807) is 0 Å². The summed E-state index contributed by atoms with van der Waals surface area (Å²) in [6, 6.07) is 0.492. The van der Waals surface area contributed by atoms with E-state index < -0.39 is 0 Å². The second-order valence-electron chi connectivity index (χ2n) is 11.6. The third-order valence-electron chi connectivity index (χ3n) is 9.50. The lowest BCUT2D eigenvalue weighted by atomic mass is 9.77. The largest absolute Gasteiger partial charge is 0.387 e. The van der Waals surface area contributed by atoms with Crippen molar-refractivity contribution in [3.05, 3.63) is 0 Å². The van der Waals surface area contributed by atoms with Gasteiger partial charge in [-0.25, -0.2) is 0 Å². The van der Waals surface area contributed by atoms with Gasteiger partial charge in [0.1, 0.15) is 0 Å². The molecule has 0 aromatic carbocycles. The second-order valence-corrected chi connectivity index (χ2v) is 11.6. The highest BCUT2D eigenvalue weighted by atomic mass is 16.2. The molecule has 0 aromatic rings. The molecular weight excluding hydrogens is 414 g/mol. The molecule has 0 aromatic heterocycles. The van der Waals surface area contributed by atoms with E-state index in [1.165, 1.54) is 32.1 Å². The van der Waals surface area contributed by atoms with Gasteiger partial charge in [-0.05, 0) is 88.9 Å². The Kier molecular flexibility index (Phi) is 7.98. The first-order valence-corrected chi connectivity index (χ1v) is 13.5. The lowest BCUT2D eigenvalue weighted by molar-refractivity contribution is -0.127. The summed E-state index contributed by atoms with van der Waals surface area (Å²) in [7, 11) is 0. The molecule has 4 unspecified atom stereocenters. The van der Waals surface area contributed by atoms with Gasteiger partial charge in [-0.1, -0.05) is 19.3 Å². The summed E-state index contributed by atoms with van der Waals surface area (Å²) >= 11 is 0. The van der Waals surface area contributed by atoms with Crippen molar-refractivity contribution in [3.8, 4) is 0 Å². The zero-order valence-corrected chi connectivity index (χ0v) is 20.4. The molecule has 3 aliphatic carbocycles. The van der Waals surface area contributed by atoms with Gasteiger partial charge >= 0.3 is 0 Å². The van der Waals surface area contributed by atoms with E-state index in [-0.39, 0.29) is 35.7 Å². The zero-order valence-electron chi connectivity index (χ0n) is 20.4. The summed E-state index contributed by atoms with van der Waals surface area (Å²) in [6.07, 6.45) is 13.9.